The number of amides is 4. The van der Waals surface area contributed by atoms with E-state index in [-0.39, 0.29) is 70.9 Å². The molecule has 6 aliphatic rings. The number of aliphatic imine (C=N–C) groups is 2. The first-order chi connectivity index (χ1) is 41.7. The van der Waals surface area contributed by atoms with Crippen molar-refractivity contribution in [3.63, 3.8) is 0 Å². The van der Waals surface area contributed by atoms with Crippen molar-refractivity contribution >= 4 is 64.8 Å². The van der Waals surface area contributed by atoms with Crippen LogP contribution in [0.15, 0.2) is 156 Å². The molecular weight excluding hydrogens is 1120 g/mol. The molecule has 4 atom stereocenters. The van der Waals surface area contributed by atoms with Gasteiger partial charge in [0, 0.05) is 97.8 Å². The molecule has 0 aromatic heterocycles. The van der Waals surface area contributed by atoms with Crippen molar-refractivity contribution in [1.82, 2.24) is 31.1 Å². The zero-order valence-electron chi connectivity index (χ0n) is 49.3. The van der Waals surface area contributed by atoms with Gasteiger partial charge in [-0.2, -0.15) is 0 Å². The summed E-state index contributed by atoms with van der Waals surface area (Å²) in [5, 5.41) is 14.5. The first-order valence-corrected chi connectivity index (χ1v) is 31.5. The maximum Gasteiger partial charge on any atom is 0.244 e. The lowest BCUT2D eigenvalue weighted by Gasteiger charge is -2.55. The summed E-state index contributed by atoms with van der Waals surface area (Å²) in [6, 6.07) is 45.6. The third-order valence-corrected chi connectivity index (χ3v) is 18.6. The highest BCUT2D eigenvalue weighted by Crippen LogP contribution is 2.60. The number of nitrogens with zero attached hydrogens (tertiary/aromatic N) is 4. The van der Waals surface area contributed by atoms with Crippen LogP contribution in [-0.2, 0) is 19.2 Å². The molecule has 86 heavy (non-hydrogen) atoms. The smallest absolute Gasteiger partial charge is 0.244 e. The monoisotopic (exact) mass is 1200 g/mol. The second-order valence-corrected chi connectivity index (χ2v) is 25.1. The Morgan fingerprint density at radius 2 is 1.00 bits per heavy atom. The average Bonchev–Trinajstić information content (AvgIpc) is 0.972. The molecule has 4 amide bonds. The minimum Gasteiger partial charge on any atom is -0.370 e. The zero-order valence-corrected chi connectivity index (χ0v) is 50.8. The molecule has 4 aliphatic carbocycles. The molecule has 6 fully saturated rings. The van der Waals surface area contributed by atoms with Crippen molar-refractivity contribution in [1.29, 1.82) is 0 Å². The van der Waals surface area contributed by atoms with Crippen molar-refractivity contribution in [2.45, 2.75) is 113 Å². The molecule has 2 heterocycles. The van der Waals surface area contributed by atoms with Gasteiger partial charge >= 0.3 is 0 Å². The van der Waals surface area contributed by atoms with Gasteiger partial charge in [0.25, 0.3) is 0 Å². The van der Waals surface area contributed by atoms with Gasteiger partial charge in [0.05, 0.1) is 12.1 Å². The number of rotatable bonds is 23. The van der Waals surface area contributed by atoms with E-state index in [0.29, 0.717) is 100 Å². The Kier molecular flexibility index (Phi) is 22.7. The van der Waals surface area contributed by atoms with E-state index in [4.69, 9.17) is 46.1 Å². The quantitative estimate of drug-likeness (QED) is 0.0134. The Balaban J connectivity index is 0.000000205. The molecule has 0 spiro atoms. The third kappa shape index (κ3) is 17.7. The summed E-state index contributed by atoms with van der Waals surface area (Å²) < 4.78 is 0. The van der Waals surface area contributed by atoms with Gasteiger partial charge in [-0.05, 0) is 141 Å². The van der Waals surface area contributed by atoms with Crippen molar-refractivity contribution in [2.24, 2.45) is 56.1 Å². The molecule has 4 bridgehead atoms. The predicted octanol–water partition coefficient (Wildman–Crippen LogP) is 8.33. The number of halogens is 2. The molecule has 16 nitrogen and oxygen atoms in total. The number of carbonyl (C=O) groups is 4. The van der Waals surface area contributed by atoms with Gasteiger partial charge in [0.2, 0.25) is 23.6 Å². The van der Waals surface area contributed by atoms with Crippen molar-refractivity contribution in [3.8, 4) is 0 Å². The fourth-order valence-corrected chi connectivity index (χ4v) is 14.6. The largest absolute Gasteiger partial charge is 0.370 e. The molecule has 2 aliphatic heterocycles. The van der Waals surface area contributed by atoms with E-state index < -0.39 is 6.04 Å². The zero-order chi connectivity index (χ0) is 60.4. The van der Waals surface area contributed by atoms with Gasteiger partial charge in [-0.25, -0.2) is 0 Å². The lowest BCUT2D eigenvalue weighted by molar-refractivity contribution is -0.146. The fourth-order valence-electron chi connectivity index (χ4n) is 14.1. The summed E-state index contributed by atoms with van der Waals surface area (Å²) >= 11 is 12.2. The van der Waals surface area contributed by atoms with Crippen LogP contribution >= 0.6 is 23.2 Å². The van der Waals surface area contributed by atoms with Crippen LogP contribution < -0.4 is 44.2 Å². The minimum absolute atomic E-state index is 0.0202. The number of benzene rings is 5. The minimum atomic E-state index is -0.436. The van der Waals surface area contributed by atoms with Gasteiger partial charge in [0.15, 0.2) is 11.9 Å². The molecular formula is C68H86Cl2N12O4. The standard InChI is InChI=1S/C35H48N6O2.C33H38Cl2N6O2/c36-34(37)38-14-7-12-31-32(42)41(23-30(27-8-3-1-4-9-27)28-10-5-2-6-11-28)15-13-29(40-31)22-39-33(43)35-19-24-16-25(20-35)18-26(17-24)21-35;34-26-15-13-25(29(35)20-26)14-16-31(42)39-21-27-17-19-41(32(43)30(40-27)12-7-18-38-33(36)37)22-28(23-8-3-1-4-9-23)24-10-5-2-6-11-24/h1-6,8-11,24-26,29-31,40H,7,12-23H2,(H,39,43)(H4,36,37,38);1-6,8-11,13-16,20,27-28,30,40H,7,12,17-19,21-22H2,(H,39,42)(H4,36,37,38)/b;16-14+/t24?,25?,26?,29-,31-,35?;27-,30-/m00/s1. The highest BCUT2D eigenvalue weighted by Gasteiger charge is 2.54. The van der Waals surface area contributed by atoms with Crippen molar-refractivity contribution in [2.75, 3.05) is 52.4 Å². The van der Waals surface area contributed by atoms with E-state index in [1.165, 1.54) is 36.5 Å². The van der Waals surface area contributed by atoms with Crippen LogP contribution in [0.2, 0.25) is 10.0 Å². The molecule has 5 aromatic rings. The molecule has 11 rings (SSSR count). The topological polar surface area (TPSA) is 252 Å². The van der Waals surface area contributed by atoms with E-state index in [2.05, 4.69) is 104 Å². The second kappa shape index (κ2) is 30.9. The van der Waals surface area contributed by atoms with Gasteiger partial charge in [-0.3, -0.25) is 29.2 Å². The Morgan fingerprint density at radius 3 is 1.40 bits per heavy atom. The number of hydrogen-bond acceptors (Lipinski definition) is 8. The normalized spacial score (nSPS) is 23.5. The summed E-state index contributed by atoms with van der Waals surface area (Å²) in [5.41, 5.74) is 27.3. The fraction of sp³-hybridized carbons (Fsp3) is 0.441. The lowest BCUT2D eigenvalue weighted by Crippen LogP contribution is -2.55. The first-order valence-electron chi connectivity index (χ1n) is 30.8. The third-order valence-electron chi connectivity index (χ3n) is 18.0. The number of nitrogens with one attached hydrogen (secondary N) is 4. The number of carbonyl (C=O) groups excluding carboxylic acids is 4. The Morgan fingerprint density at radius 1 is 0.593 bits per heavy atom. The molecule has 5 aromatic carbocycles. The van der Waals surface area contributed by atoms with Crippen molar-refractivity contribution < 1.29 is 19.2 Å². The molecule has 2 saturated heterocycles. The Hall–Kier alpha value is -7.24. The van der Waals surface area contributed by atoms with Crippen LogP contribution in [0.5, 0.6) is 0 Å². The van der Waals surface area contributed by atoms with Gasteiger partial charge in [0.1, 0.15) is 0 Å². The summed E-state index contributed by atoms with van der Waals surface area (Å²) in [4.78, 5) is 66.6. The maximum absolute atomic E-state index is 14.1. The van der Waals surface area contributed by atoms with Crippen LogP contribution in [0, 0.1) is 23.2 Å². The van der Waals surface area contributed by atoms with Crippen LogP contribution in [0.25, 0.3) is 6.08 Å². The summed E-state index contributed by atoms with van der Waals surface area (Å²) in [7, 11) is 0. The van der Waals surface area contributed by atoms with Crippen molar-refractivity contribution in [3.05, 3.63) is 183 Å². The maximum atomic E-state index is 14.1. The van der Waals surface area contributed by atoms with E-state index in [0.717, 1.165) is 54.6 Å². The molecule has 0 unspecified atom stereocenters. The second-order valence-electron chi connectivity index (χ2n) is 24.3. The molecule has 18 heteroatoms. The van der Waals surface area contributed by atoms with Crippen LogP contribution in [0.3, 0.4) is 0 Å². The van der Waals surface area contributed by atoms with Gasteiger partial charge < -0.3 is 54.0 Å². The first kappa shape index (κ1) is 63.3. The van der Waals surface area contributed by atoms with E-state index in [9.17, 15) is 19.2 Å². The molecule has 456 valence electrons. The van der Waals surface area contributed by atoms with Gasteiger partial charge in [-0.1, -0.05) is 151 Å². The van der Waals surface area contributed by atoms with Crippen LogP contribution in [-0.4, -0.2) is 122 Å². The highest BCUT2D eigenvalue weighted by molar-refractivity contribution is 6.35. The number of guanidine groups is 2. The van der Waals surface area contributed by atoms with Crippen LogP contribution in [0.1, 0.15) is 117 Å². The van der Waals surface area contributed by atoms with E-state index in [1.807, 2.05) is 58.3 Å². The average molecular weight is 1210 g/mol. The number of hydrogen-bond donors (Lipinski definition) is 8. The van der Waals surface area contributed by atoms with E-state index >= 15 is 0 Å². The predicted molar refractivity (Wildman–Crippen MR) is 345 cm³/mol. The Bertz CT molecular complexity index is 2990. The molecule has 4 saturated carbocycles. The summed E-state index contributed by atoms with van der Waals surface area (Å²) in [6.07, 6.45) is 14.2. The van der Waals surface area contributed by atoms with E-state index in [1.54, 1.807) is 24.3 Å². The molecule has 0 radical (unpaired) electrons. The number of nitrogens with two attached hydrogens (primary N) is 4. The highest BCUT2D eigenvalue weighted by atomic mass is 35.5. The Labute approximate surface area is 517 Å². The SMILES string of the molecule is NC(N)=NCCC[C@@H]1N[C@H](CNC(=O)/C=C/c2ccc(Cl)cc2Cl)CCN(CC(c2ccccc2)c2ccccc2)C1=O.NC(N)=NCCC[C@@H]1N[C@H](CNC(=O)C23CC4CC(CC(C4)C2)C3)CCN(CC(c2ccccc2)c2ccccc2)C1=O. The lowest BCUT2D eigenvalue weighted by atomic mass is 9.49. The van der Waals surface area contributed by atoms with Crippen LogP contribution in [0.4, 0.5) is 0 Å². The van der Waals surface area contributed by atoms with Gasteiger partial charge in [-0.15, -0.1) is 0 Å². The summed E-state index contributed by atoms with van der Waals surface area (Å²) in [5.74, 6) is 2.53. The molecule has 12 N–H and O–H groups in total. The summed E-state index contributed by atoms with van der Waals surface area (Å²) in [6.45, 7) is 4.18.